The van der Waals surface area contributed by atoms with Crippen LogP contribution in [0.25, 0.3) is 5.69 Å². The molecule has 1 saturated heterocycles. The predicted octanol–water partition coefficient (Wildman–Crippen LogP) is 3.76. The van der Waals surface area contributed by atoms with Gasteiger partial charge in [-0.2, -0.15) is 18.3 Å². The van der Waals surface area contributed by atoms with Gasteiger partial charge >= 0.3 is 12.2 Å². The molecule has 0 spiro atoms. The second-order valence-corrected chi connectivity index (χ2v) is 7.95. The van der Waals surface area contributed by atoms with E-state index in [1.54, 1.807) is 12.3 Å². The van der Waals surface area contributed by atoms with Crippen molar-refractivity contribution in [3.63, 3.8) is 0 Å². The van der Waals surface area contributed by atoms with E-state index in [-0.39, 0.29) is 11.7 Å². The smallest absolute Gasteiger partial charge is 0.379 e. The Labute approximate surface area is 179 Å². The van der Waals surface area contributed by atoms with Gasteiger partial charge < -0.3 is 15.4 Å². The van der Waals surface area contributed by atoms with Gasteiger partial charge in [-0.3, -0.25) is 4.90 Å². The molecule has 1 atom stereocenters. The molecule has 1 aromatic carbocycles. The monoisotopic (exact) mass is 439 g/mol. The molecule has 0 bridgehead atoms. The minimum absolute atomic E-state index is 0.0304. The summed E-state index contributed by atoms with van der Waals surface area (Å²) in [6, 6.07) is 4.40. The van der Waals surface area contributed by atoms with Gasteiger partial charge in [-0.1, -0.05) is 13.8 Å². The Hall–Kier alpha value is -2.59. The number of carbonyl (C=O) groups excluding carboxylic acids is 1. The largest absolute Gasteiger partial charge is 0.416 e. The summed E-state index contributed by atoms with van der Waals surface area (Å²) < 4.78 is 46.4. The van der Waals surface area contributed by atoms with Crippen molar-refractivity contribution >= 4 is 11.7 Å². The normalized spacial score (nSPS) is 16.3. The van der Waals surface area contributed by atoms with Crippen molar-refractivity contribution in [2.75, 3.05) is 38.2 Å². The molecule has 1 aliphatic rings. The van der Waals surface area contributed by atoms with Crippen LogP contribution in [0, 0.1) is 5.92 Å². The fourth-order valence-electron chi connectivity index (χ4n) is 3.65. The highest BCUT2D eigenvalue weighted by Gasteiger charge is 2.31. The van der Waals surface area contributed by atoms with Crippen LogP contribution in [0.15, 0.2) is 36.7 Å². The molecule has 1 aromatic heterocycles. The first-order valence-electron chi connectivity index (χ1n) is 10.3. The molecular formula is C21H28F3N5O2. The lowest BCUT2D eigenvalue weighted by atomic mass is 10.0. The van der Waals surface area contributed by atoms with Gasteiger partial charge in [0.2, 0.25) is 0 Å². The second kappa shape index (κ2) is 10.1. The highest BCUT2D eigenvalue weighted by molar-refractivity contribution is 5.91. The zero-order chi connectivity index (χ0) is 22.4. The third-order valence-corrected chi connectivity index (χ3v) is 5.13. The highest BCUT2D eigenvalue weighted by atomic mass is 19.4. The average Bonchev–Trinajstić information content (AvgIpc) is 3.25. The van der Waals surface area contributed by atoms with Crippen LogP contribution in [0.5, 0.6) is 0 Å². The number of nitrogens with one attached hydrogen (secondary N) is 2. The number of ether oxygens (including phenoxy) is 1. The first-order chi connectivity index (χ1) is 14.7. The Balaban J connectivity index is 1.72. The van der Waals surface area contributed by atoms with Gasteiger partial charge in [0.1, 0.15) is 0 Å². The van der Waals surface area contributed by atoms with Gasteiger partial charge in [-0.25, -0.2) is 9.48 Å². The highest BCUT2D eigenvalue weighted by Crippen LogP contribution is 2.33. The Kier molecular flexibility index (Phi) is 7.55. The molecule has 1 fully saturated rings. The SMILES string of the molecule is CC(C)CC(CNC(=O)Nc1cc(C(F)(F)F)ccc1-n1cccn1)N1CCOCC1. The number of rotatable bonds is 7. The van der Waals surface area contributed by atoms with Crippen LogP contribution in [0.1, 0.15) is 25.8 Å². The maximum atomic E-state index is 13.2. The lowest BCUT2D eigenvalue weighted by molar-refractivity contribution is -0.137. The second-order valence-electron chi connectivity index (χ2n) is 7.95. The third-order valence-electron chi connectivity index (χ3n) is 5.13. The minimum Gasteiger partial charge on any atom is -0.379 e. The van der Waals surface area contributed by atoms with E-state index in [9.17, 15) is 18.0 Å². The molecule has 2 aromatic rings. The van der Waals surface area contributed by atoms with Crippen LogP contribution in [-0.4, -0.2) is 59.6 Å². The first kappa shape index (κ1) is 23.1. The Morgan fingerprint density at radius 2 is 2.00 bits per heavy atom. The van der Waals surface area contributed by atoms with Gasteiger partial charge in [0, 0.05) is 38.1 Å². The van der Waals surface area contributed by atoms with Crippen LogP contribution in [0.2, 0.25) is 0 Å². The van der Waals surface area contributed by atoms with Gasteiger partial charge in [0.15, 0.2) is 0 Å². The summed E-state index contributed by atoms with van der Waals surface area (Å²) in [4.78, 5) is 14.9. The number of nitrogens with zero attached hydrogens (tertiary/aromatic N) is 3. The number of urea groups is 1. The summed E-state index contributed by atoms with van der Waals surface area (Å²) in [7, 11) is 0. The summed E-state index contributed by atoms with van der Waals surface area (Å²) in [6.45, 7) is 7.51. The van der Waals surface area contributed by atoms with Gasteiger partial charge in [-0.05, 0) is 36.6 Å². The number of carbonyl (C=O) groups is 1. The molecule has 1 unspecified atom stereocenters. The summed E-state index contributed by atoms with van der Waals surface area (Å²) in [5, 5.41) is 9.45. The average molecular weight is 439 g/mol. The van der Waals surface area contributed by atoms with E-state index in [0.29, 0.717) is 31.4 Å². The topological polar surface area (TPSA) is 71.4 Å². The predicted molar refractivity (Wildman–Crippen MR) is 111 cm³/mol. The van der Waals surface area contributed by atoms with Gasteiger partial charge in [0.05, 0.1) is 30.2 Å². The minimum atomic E-state index is -4.52. The van der Waals surface area contributed by atoms with Crippen molar-refractivity contribution < 1.29 is 22.7 Å². The molecule has 2 N–H and O–H groups in total. The molecule has 3 rings (SSSR count). The van der Waals surface area contributed by atoms with E-state index in [1.165, 1.54) is 16.9 Å². The number of aromatic nitrogens is 2. The maximum Gasteiger partial charge on any atom is 0.416 e. The quantitative estimate of drug-likeness (QED) is 0.689. The van der Waals surface area contributed by atoms with E-state index in [1.807, 2.05) is 0 Å². The number of alkyl halides is 3. The number of hydrogen-bond acceptors (Lipinski definition) is 4. The molecule has 0 radical (unpaired) electrons. The van der Waals surface area contributed by atoms with Crippen molar-refractivity contribution in [2.45, 2.75) is 32.5 Å². The summed E-state index contributed by atoms with van der Waals surface area (Å²) in [6.07, 6.45) is -0.514. The van der Waals surface area contributed by atoms with Crippen molar-refractivity contribution in [1.29, 1.82) is 0 Å². The van der Waals surface area contributed by atoms with E-state index < -0.39 is 17.8 Å². The Bertz CT molecular complexity index is 849. The zero-order valence-electron chi connectivity index (χ0n) is 17.7. The summed E-state index contributed by atoms with van der Waals surface area (Å²) in [5.41, 5.74) is -0.465. The van der Waals surface area contributed by atoms with E-state index in [0.717, 1.165) is 31.6 Å². The van der Waals surface area contributed by atoms with Gasteiger partial charge in [0.25, 0.3) is 0 Å². The maximum absolute atomic E-state index is 13.2. The van der Waals surface area contributed by atoms with Crippen molar-refractivity contribution in [3.8, 4) is 5.69 Å². The first-order valence-corrected chi connectivity index (χ1v) is 10.3. The standard InChI is InChI=1S/C21H28F3N5O2/c1-15(2)12-17(28-8-10-31-11-9-28)14-25-20(30)27-18-13-16(21(22,23)24)4-5-19(18)29-7-3-6-26-29/h3-7,13,15,17H,8-12,14H2,1-2H3,(H2,25,27,30). The fraction of sp³-hybridized carbons (Fsp3) is 0.524. The lowest BCUT2D eigenvalue weighted by Gasteiger charge is -2.35. The number of anilines is 1. The molecule has 7 nitrogen and oxygen atoms in total. The van der Waals surface area contributed by atoms with Gasteiger partial charge in [-0.15, -0.1) is 0 Å². The van der Waals surface area contributed by atoms with Crippen LogP contribution >= 0.6 is 0 Å². The van der Waals surface area contributed by atoms with Crippen LogP contribution in [-0.2, 0) is 10.9 Å². The fourth-order valence-corrected chi connectivity index (χ4v) is 3.65. The van der Waals surface area contributed by atoms with E-state index >= 15 is 0 Å². The Morgan fingerprint density at radius 3 is 2.61 bits per heavy atom. The molecule has 2 amide bonds. The van der Waals surface area contributed by atoms with Crippen LogP contribution < -0.4 is 10.6 Å². The van der Waals surface area contributed by atoms with E-state index in [2.05, 4.69) is 34.5 Å². The van der Waals surface area contributed by atoms with Crippen molar-refractivity contribution in [2.24, 2.45) is 5.92 Å². The Morgan fingerprint density at radius 1 is 1.26 bits per heavy atom. The molecular weight excluding hydrogens is 411 g/mol. The number of benzene rings is 1. The van der Waals surface area contributed by atoms with Crippen molar-refractivity contribution in [1.82, 2.24) is 20.0 Å². The third kappa shape index (κ3) is 6.44. The molecule has 0 aliphatic carbocycles. The number of morpholine rings is 1. The van der Waals surface area contributed by atoms with E-state index in [4.69, 9.17) is 4.74 Å². The zero-order valence-corrected chi connectivity index (χ0v) is 17.7. The summed E-state index contributed by atoms with van der Waals surface area (Å²) in [5.74, 6) is 0.438. The lowest BCUT2D eigenvalue weighted by Crippen LogP contribution is -2.49. The molecule has 31 heavy (non-hydrogen) atoms. The number of hydrogen-bond donors (Lipinski definition) is 2. The number of halogens is 3. The summed E-state index contributed by atoms with van der Waals surface area (Å²) >= 11 is 0. The van der Waals surface area contributed by atoms with Crippen molar-refractivity contribution in [3.05, 3.63) is 42.2 Å². The molecule has 2 heterocycles. The molecule has 1 aliphatic heterocycles. The van der Waals surface area contributed by atoms with Crippen LogP contribution in [0.3, 0.4) is 0 Å². The molecule has 10 heteroatoms. The molecule has 170 valence electrons. The molecule has 0 saturated carbocycles. The number of amides is 2. The van der Waals surface area contributed by atoms with Crippen LogP contribution in [0.4, 0.5) is 23.7 Å².